The van der Waals surface area contributed by atoms with Crippen molar-refractivity contribution in [3.63, 3.8) is 0 Å². The molecule has 0 aliphatic carbocycles. The summed E-state index contributed by atoms with van der Waals surface area (Å²) in [5, 5.41) is 5.31. The summed E-state index contributed by atoms with van der Waals surface area (Å²) in [6.45, 7) is 9.32. The molecule has 2 amide bonds. The van der Waals surface area contributed by atoms with Gasteiger partial charge in [-0.2, -0.15) is 0 Å². The number of benzene rings is 1. The van der Waals surface area contributed by atoms with Gasteiger partial charge in [0.15, 0.2) is 0 Å². The van der Waals surface area contributed by atoms with Crippen molar-refractivity contribution in [2.45, 2.75) is 65.1 Å². The molecule has 1 aromatic carbocycles. The molecule has 0 fully saturated rings. The van der Waals surface area contributed by atoms with Crippen molar-refractivity contribution in [2.24, 2.45) is 11.7 Å². The van der Waals surface area contributed by atoms with Gasteiger partial charge in [0, 0.05) is 12.0 Å². The van der Waals surface area contributed by atoms with Crippen molar-refractivity contribution < 1.29 is 14.4 Å². The fraction of sp³-hybridized carbons (Fsp3) is 0.550. The maximum absolute atomic E-state index is 12.6. The molecule has 0 saturated carbocycles. The lowest BCUT2D eigenvalue weighted by atomic mass is 9.99. The third-order valence-electron chi connectivity index (χ3n) is 3.69. The molecular formula is C20H31N3O3. The highest BCUT2D eigenvalue weighted by molar-refractivity contribution is 6.38. The van der Waals surface area contributed by atoms with Crippen molar-refractivity contribution in [1.82, 2.24) is 10.6 Å². The van der Waals surface area contributed by atoms with Crippen LogP contribution in [0.25, 0.3) is 0 Å². The molecule has 0 aliphatic heterocycles. The minimum Gasteiger partial charge on any atom is -0.345 e. The molecule has 1 rings (SSSR count). The third kappa shape index (κ3) is 7.78. The van der Waals surface area contributed by atoms with E-state index in [4.69, 9.17) is 5.73 Å². The van der Waals surface area contributed by atoms with Gasteiger partial charge in [0.2, 0.25) is 11.7 Å². The van der Waals surface area contributed by atoms with E-state index < -0.39 is 35.2 Å². The predicted molar refractivity (Wildman–Crippen MR) is 102 cm³/mol. The summed E-state index contributed by atoms with van der Waals surface area (Å²) in [6, 6.07) is 7.59. The number of nitrogens with two attached hydrogens (primary N) is 1. The summed E-state index contributed by atoms with van der Waals surface area (Å²) >= 11 is 0. The number of Topliss-reactive ketones (excluding diaryl/α,β-unsaturated/α-hetero) is 1. The van der Waals surface area contributed by atoms with Crippen molar-refractivity contribution in [2.75, 3.05) is 0 Å². The predicted octanol–water partition coefficient (Wildman–Crippen LogP) is 1.57. The smallest absolute Gasteiger partial charge is 0.290 e. The molecule has 0 saturated heterocycles. The van der Waals surface area contributed by atoms with Crippen LogP contribution in [0, 0.1) is 5.92 Å². The lowest BCUT2D eigenvalue weighted by Gasteiger charge is -2.24. The minimum atomic E-state index is -0.953. The molecule has 0 heterocycles. The minimum absolute atomic E-state index is 0.234. The Morgan fingerprint density at radius 3 is 2.15 bits per heavy atom. The number of carbonyl (C=O) groups is 3. The van der Waals surface area contributed by atoms with Gasteiger partial charge in [-0.3, -0.25) is 14.4 Å². The summed E-state index contributed by atoms with van der Waals surface area (Å²) < 4.78 is 0. The van der Waals surface area contributed by atoms with E-state index in [2.05, 4.69) is 10.6 Å². The van der Waals surface area contributed by atoms with Crippen LogP contribution in [0.3, 0.4) is 0 Å². The first-order chi connectivity index (χ1) is 12.0. The van der Waals surface area contributed by atoms with Crippen LogP contribution in [-0.2, 0) is 20.8 Å². The van der Waals surface area contributed by atoms with Crippen LogP contribution in [0.5, 0.6) is 0 Å². The average Bonchev–Trinajstić information content (AvgIpc) is 2.52. The Balaban J connectivity index is 2.93. The average molecular weight is 361 g/mol. The molecule has 6 nitrogen and oxygen atoms in total. The highest BCUT2D eigenvalue weighted by Crippen LogP contribution is 2.08. The Morgan fingerprint density at radius 1 is 1.08 bits per heavy atom. The van der Waals surface area contributed by atoms with E-state index in [-0.39, 0.29) is 12.3 Å². The SMILES string of the molecule is CC(C)CC(N)C(=O)NC(Cc1ccccc1)C(=O)C(=O)NC(C)(C)C. The summed E-state index contributed by atoms with van der Waals surface area (Å²) in [5.74, 6) is -1.55. The van der Waals surface area contributed by atoms with Crippen LogP contribution in [0.4, 0.5) is 0 Å². The van der Waals surface area contributed by atoms with E-state index >= 15 is 0 Å². The number of rotatable bonds is 8. The molecule has 26 heavy (non-hydrogen) atoms. The van der Waals surface area contributed by atoms with Crippen molar-refractivity contribution >= 4 is 17.6 Å². The molecular weight excluding hydrogens is 330 g/mol. The first kappa shape index (κ1) is 21.8. The zero-order chi connectivity index (χ0) is 19.9. The number of hydrogen-bond donors (Lipinski definition) is 3. The van der Waals surface area contributed by atoms with Gasteiger partial charge in [-0.25, -0.2) is 0 Å². The Labute approximate surface area is 155 Å². The lowest BCUT2D eigenvalue weighted by Crippen LogP contribution is -2.55. The molecule has 0 bridgehead atoms. The molecule has 4 N–H and O–H groups in total. The normalized spacial score (nSPS) is 13.8. The second kappa shape index (κ2) is 9.48. The van der Waals surface area contributed by atoms with Gasteiger partial charge >= 0.3 is 0 Å². The van der Waals surface area contributed by atoms with Crippen molar-refractivity contribution in [1.29, 1.82) is 0 Å². The Bertz CT molecular complexity index is 621. The van der Waals surface area contributed by atoms with E-state index in [1.54, 1.807) is 20.8 Å². The summed E-state index contributed by atoms with van der Waals surface area (Å²) in [6.07, 6.45) is 0.740. The summed E-state index contributed by atoms with van der Waals surface area (Å²) in [7, 11) is 0. The fourth-order valence-corrected chi connectivity index (χ4v) is 2.51. The highest BCUT2D eigenvalue weighted by atomic mass is 16.2. The molecule has 2 unspecified atom stereocenters. The van der Waals surface area contributed by atoms with Crippen LogP contribution in [0.15, 0.2) is 30.3 Å². The first-order valence-electron chi connectivity index (χ1n) is 8.96. The maximum atomic E-state index is 12.6. The summed E-state index contributed by atoms with van der Waals surface area (Å²) in [4.78, 5) is 37.3. The number of nitrogens with one attached hydrogen (secondary N) is 2. The second-order valence-corrected chi connectivity index (χ2v) is 8.06. The molecule has 144 valence electrons. The number of ketones is 1. The van der Waals surface area contributed by atoms with Crippen molar-refractivity contribution in [3.8, 4) is 0 Å². The zero-order valence-electron chi connectivity index (χ0n) is 16.3. The third-order valence-corrected chi connectivity index (χ3v) is 3.69. The number of hydrogen-bond acceptors (Lipinski definition) is 4. The highest BCUT2D eigenvalue weighted by Gasteiger charge is 2.30. The van der Waals surface area contributed by atoms with Crippen LogP contribution in [0.1, 0.15) is 46.6 Å². The molecule has 1 aromatic rings. The Morgan fingerprint density at radius 2 is 1.65 bits per heavy atom. The Kier molecular flexibility index (Phi) is 7.96. The van der Waals surface area contributed by atoms with E-state index in [0.29, 0.717) is 6.42 Å². The van der Waals surface area contributed by atoms with Gasteiger partial charge in [-0.05, 0) is 38.7 Å². The molecule has 6 heteroatoms. The lowest BCUT2D eigenvalue weighted by molar-refractivity contribution is -0.141. The van der Waals surface area contributed by atoms with Crippen LogP contribution < -0.4 is 16.4 Å². The molecule has 2 atom stereocenters. The fourth-order valence-electron chi connectivity index (χ4n) is 2.51. The Hall–Kier alpha value is -2.21. The van der Waals surface area contributed by atoms with Gasteiger partial charge in [0.25, 0.3) is 5.91 Å². The van der Waals surface area contributed by atoms with Crippen LogP contribution in [0.2, 0.25) is 0 Å². The van der Waals surface area contributed by atoms with E-state index in [1.165, 1.54) is 0 Å². The molecule has 0 aliphatic rings. The quantitative estimate of drug-likeness (QED) is 0.612. The topological polar surface area (TPSA) is 101 Å². The largest absolute Gasteiger partial charge is 0.345 e. The number of amides is 2. The molecule has 0 aromatic heterocycles. The maximum Gasteiger partial charge on any atom is 0.290 e. The second-order valence-electron chi connectivity index (χ2n) is 8.06. The van der Waals surface area contributed by atoms with Gasteiger partial charge in [0.05, 0.1) is 6.04 Å². The zero-order valence-corrected chi connectivity index (χ0v) is 16.3. The molecule has 0 spiro atoms. The van der Waals surface area contributed by atoms with Gasteiger partial charge in [-0.15, -0.1) is 0 Å². The van der Waals surface area contributed by atoms with Gasteiger partial charge in [-0.1, -0.05) is 44.2 Å². The van der Waals surface area contributed by atoms with Crippen LogP contribution in [-0.4, -0.2) is 35.2 Å². The van der Waals surface area contributed by atoms with Gasteiger partial charge in [0.1, 0.15) is 6.04 Å². The standard InChI is InChI=1S/C20H31N3O3/c1-13(2)11-15(21)18(25)22-16(12-14-9-7-6-8-10-14)17(24)19(26)23-20(3,4)5/h6-10,13,15-16H,11-12,21H2,1-5H3,(H,22,25)(H,23,26). The van der Waals surface area contributed by atoms with Crippen molar-refractivity contribution in [3.05, 3.63) is 35.9 Å². The van der Waals surface area contributed by atoms with E-state index in [9.17, 15) is 14.4 Å². The summed E-state index contributed by atoms with van der Waals surface area (Å²) in [5.41, 5.74) is 6.23. The van der Waals surface area contributed by atoms with E-state index in [0.717, 1.165) is 5.56 Å². The van der Waals surface area contributed by atoms with E-state index in [1.807, 2.05) is 44.2 Å². The van der Waals surface area contributed by atoms with Gasteiger partial charge < -0.3 is 16.4 Å². The van der Waals surface area contributed by atoms with Crippen LogP contribution >= 0.6 is 0 Å². The monoisotopic (exact) mass is 361 g/mol. The first-order valence-corrected chi connectivity index (χ1v) is 8.96. The molecule has 0 radical (unpaired) electrons. The number of carbonyl (C=O) groups excluding carboxylic acids is 3.